The van der Waals surface area contributed by atoms with Gasteiger partial charge in [0.2, 0.25) is 0 Å². The molecule has 0 fully saturated rings. The smallest absolute Gasteiger partial charge is 0.253 e. The lowest BCUT2D eigenvalue weighted by atomic mass is 10.2. The van der Waals surface area contributed by atoms with Crippen LogP contribution >= 0.6 is 34.2 Å². The van der Waals surface area contributed by atoms with Crippen LogP contribution < -0.4 is 0 Å². The lowest BCUT2D eigenvalue weighted by molar-refractivity contribution is 0.0757. The van der Waals surface area contributed by atoms with Crippen molar-refractivity contribution >= 4 is 40.1 Å². The number of amides is 1. The van der Waals surface area contributed by atoms with Crippen molar-refractivity contribution in [1.29, 1.82) is 0 Å². The molecule has 0 N–H and O–H groups in total. The van der Waals surface area contributed by atoms with Crippen molar-refractivity contribution in [2.75, 3.05) is 32.7 Å². The number of carbonyl (C=O) groups is 1. The van der Waals surface area contributed by atoms with Crippen molar-refractivity contribution in [2.45, 2.75) is 27.2 Å². The first-order valence-electron chi connectivity index (χ1n) is 7.50. The Balaban J connectivity index is 2.62. The Morgan fingerprint density at radius 3 is 2.33 bits per heavy atom. The molecule has 0 atom stereocenters. The second-order valence-corrected chi connectivity index (χ2v) is 6.46. The molecule has 0 radical (unpaired) electrons. The van der Waals surface area contributed by atoms with Crippen LogP contribution in [0.4, 0.5) is 0 Å². The summed E-state index contributed by atoms with van der Waals surface area (Å²) < 4.78 is 0.968. The third kappa shape index (κ3) is 5.75. The van der Waals surface area contributed by atoms with Gasteiger partial charge < -0.3 is 9.80 Å². The number of hydrogen-bond donors (Lipinski definition) is 0. The Morgan fingerprint density at radius 2 is 1.81 bits per heavy atom. The minimum Gasteiger partial charge on any atom is -0.339 e. The molecule has 0 spiro atoms. The van der Waals surface area contributed by atoms with Gasteiger partial charge in [0.25, 0.3) is 5.91 Å². The van der Waals surface area contributed by atoms with Gasteiger partial charge in [0.15, 0.2) is 0 Å². The maximum absolute atomic E-state index is 12.5. The maximum atomic E-state index is 12.5. The highest BCUT2D eigenvalue weighted by Crippen LogP contribution is 2.20. The molecule has 118 valence electrons. The van der Waals surface area contributed by atoms with E-state index in [1.54, 1.807) is 6.07 Å². The van der Waals surface area contributed by atoms with Gasteiger partial charge in [-0.25, -0.2) is 0 Å². The predicted molar refractivity (Wildman–Crippen MR) is 98.2 cm³/mol. The maximum Gasteiger partial charge on any atom is 0.253 e. The number of benzene rings is 1. The van der Waals surface area contributed by atoms with Crippen molar-refractivity contribution in [2.24, 2.45) is 0 Å². The van der Waals surface area contributed by atoms with Crippen LogP contribution in [0.1, 0.15) is 37.6 Å². The van der Waals surface area contributed by atoms with E-state index in [0.717, 1.165) is 42.7 Å². The van der Waals surface area contributed by atoms with Gasteiger partial charge in [-0.3, -0.25) is 4.79 Å². The number of carbonyl (C=O) groups excluding carboxylic acids is 1. The Bertz CT molecular complexity index is 464. The lowest BCUT2D eigenvalue weighted by Crippen LogP contribution is -2.34. The Hall–Kier alpha value is -0.330. The molecule has 0 saturated carbocycles. The molecule has 0 bridgehead atoms. The molecule has 1 amide bonds. The third-order valence-electron chi connectivity index (χ3n) is 3.63. The van der Waals surface area contributed by atoms with Crippen molar-refractivity contribution in [3.63, 3.8) is 0 Å². The highest BCUT2D eigenvalue weighted by atomic mass is 127. The number of rotatable bonds is 8. The summed E-state index contributed by atoms with van der Waals surface area (Å²) in [4.78, 5) is 16.8. The van der Waals surface area contributed by atoms with Gasteiger partial charge in [-0.2, -0.15) is 0 Å². The monoisotopic (exact) mass is 422 g/mol. The van der Waals surface area contributed by atoms with E-state index in [1.807, 2.05) is 24.0 Å². The van der Waals surface area contributed by atoms with Crippen molar-refractivity contribution < 1.29 is 4.79 Å². The predicted octanol–water partition coefficient (Wildman–Crippen LogP) is 4.14. The molecule has 0 aliphatic rings. The number of nitrogens with zero attached hydrogens (tertiary/aromatic N) is 2. The molecular formula is C16H24ClIN2O. The van der Waals surface area contributed by atoms with E-state index in [4.69, 9.17) is 11.6 Å². The van der Waals surface area contributed by atoms with Gasteiger partial charge in [-0.05, 0) is 73.8 Å². The molecule has 21 heavy (non-hydrogen) atoms. The van der Waals surface area contributed by atoms with E-state index in [0.29, 0.717) is 10.6 Å². The van der Waals surface area contributed by atoms with Crippen LogP contribution in [0.2, 0.25) is 5.02 Å². The quantitative estimate of drug-likeness (QED) is 0.588. The minimum absolute atomic E-state index is 0.0651. The average molecular weight is 423 g/mol. The summed E-state index contributed by atoms with van der Waals surface area (Å²) in [6.07, 6.45) is 0.999. The molecule has 0 saturated heterocycles. The Morgan fingerprint density at radius 1 is 1.14 bits per heavy atom. The van der Waals surface area contributed by atoms with Crippen molar-refractivity contribution in [1.82, 2.24) is 9.80 Å². The average Bonchev–Trinajstić information content (AvgIpc) is 2.50. The van der Waals surface area contributed by atoms with E-state index in [9.17, 15) is 4.79 Å². The van der Waals surface area contributed by atoms with Crippen LogP contribution in [0.25, 0.3) is 0 Å². The summed E-state index contributed by atoms with van der Waals surface area (Å²) in [5.41, 5.74) is 0.671. The fourth-order valence-electron chi connectivity index (χ4n) is 2.24. The summed E-state index contributed by atoms with van der Waals surface area (Å²) in [6, 6.07) is 5.50. The normalized spacial score (nSPS) is 11.0. The van der Waals surface area contributed by atoms with Gasteiger partial charge in [0.05, 0.1) is 5.02 Å². The van der Waals surface area contributed by atoms with Crippen molar-refractivity contribution in [3.05, 3.63) is 32.4 Å². The first kappa shape index (κ1) is 18.7. The zero-order valence-electron chi connectivity index (χ0n) is 13.0. The zero-order valence-corrected chi connectivity index (χ0v) is 15.9. The fourth-order valence-corrected chi connectivity index (χ4v) is 2.76. The third-order valence-corrected chi connectivity index (χ3v) is 5.20. The minimum atomic E-state index is 0.0651. The molecule has 0 aromatic heterocycles. The molecule has 3 nitrogen and oxygen atoms in total. The standard InChI is InChI=1S/C16H24ClIN2O/c1-4-19(5-2)10-7-11-20(6-3)16(21)13-8-9-15(18)14(17)12-13/h8-9,12H,4-7,10-11H2,1-3H3. The van der Waals surface area contributed by atoms with Crippen LogP contribution in [0.3, 0.4) is 0 Å². The Kier molecular flexibility index (Phi) is 8.59. The first-order chi connectivity index (χ1) is 10.0. The number of hydrogen-bond acceptors (Lipinski definition) is 2. The van der Waals surface area contributed by atoms with Gasteiger partial charge in [0.1, 0.15) is 0 Å². The van der Waals surface area contributed by atoms with Crippen LogP contribution in [0.15, 0.2) is 18.2 Å². The fraction of sp³-hybridized carbons (Fsp3) is 0.562. The van der Waals surface area contributed by atoms with Crippen LogP contribution in [0.5, 0.6) is 0 Å². The van der Waals surface area contributed by atoms with Gasteiger partial charge in [-0.15, -0.1) is 0 Å². The molecule has 5 heteroatoms. The first-order valence-corrected chi connectivity index (χ1v) is 8.95. The van der Waals surface area contributed by atoms with Crippen LogP contribution in [-0.2, 0) is 0 Å². The summed E-state index contributed by atoms with van der Waals surface area (Å²) >= 11 is 8.27. The zero-order chi connectivity index (χ0) is 15.8. The topological polar surface area (TPSA) is 23.6 Å². The molecule has 0 heterocycles. The Labute approximate surface area is 146 Å². The summed E-state index contributed by atoms with van der Waals surface area (Å²) in [7, 11) is 0. The van der Waals surface area contributed by atoms with E-state index >= 15 is 0 Å². The van der Waals surface area contributed by atoms with E-state index in [2.05, 4.69) is 41.3 Å². The van der Waals surface area contributed by atoms with Crippen LogP contribution in [0, 0.1) is 3.57 Å². The molecule has 0 aliphatic carbocycles. The SMILES string of the molecule is CCN(CC)CCCN(CC)C(=O)c1ccc(I)c(Cl)c1. The summed E-state index contributed by atoms with van der Waals surface area (Å²) in [6.45, 7) is 11.0. The number of halogens is 2. The highest BCUT2D eigenvalue weighted by Gasteiger charge is 2.15. The van der Waals surface area contributed by atoms with Crippen molar-refractivity contribution in [3.8, 4) is 0 Å². The van der Waals surface area contributed by atoms with E-state index in [-0.39, 0.29) is 5.91 Å². The lowest BCUT2D eigenvalue weighted by Gasteiger charge is -2.24. The summed E-state index contributed by atoms with van der Waals surface area (Å²) in [5.74, 6) is 0.0651. The second-order valence-electron chi connectivity index (χ2n) is 4.89. The van der Waals surface area contributed by atoms with Crippen LogP contribution in [-0.4, -0.2) is 48.4 Å². The molecule has 1 rings (SSSR count). The largest absolute Gasteiger partial charge is 0.339 e. The van der Waals surface area contributed by atoms with Gasteiger partial charge in [0, 0.05) is 22.2 Å². The van der Waals surface area contributed by atoms with Gasteiger partial charge in [-0.1, -0.05) is 25.4 Å². The van der Waals surface area contributed by atoms with Gasteiger partial charge >= 0.3 is 0 Å². The molecule has 0 unspecified atom stereocenters. The van der Waals surface area contributed by atoms with E-state index < -0.39 is 0 Å². The highest BCUT2D eigenvalue weighted by molar-refractivity contribution is 14.1. The second kappa shape index (κ2) is 9.64. The molecular weight excluding hydrogens is 399 g/mol. The van der Waals surface area contributed by atoms with E-state index in [1.165, 1.54) is 0 Å². The molecule has 0 aliphatic heterocycles. The molecule has 1 aromatic carbocycles. The molecule has 1 aromatic rings. The summed E-state index contributed by atoms with van der Waals surface area (Å²) in [5, 5.41) is 0.639.